The third-order valence-corrected chi connectivity index (χ3v) is 3.44. The molecule has 1 aliphatic heterocycles. The summed E-state index contributed by atoms with van der Waals surface area (Å²) in [5, 5.41) is 10.8. The number of benzene rings is 2. The molecule has 0 spiro atoms. The molecule has 0 fully saturated rings. The van der Waals surface area contributed by atoms with Crippen LogP contribution in [0.25, 0.3) is 22.2 Å². The minimum Gasteiger partial charge on any atom is -0.502 e. The first-order valence-electron chi connectivity index (χ1n) is 6.74. The van der Waals surface area contributed by atoms with Crippen LogP contribution >= 0.6 is 0 Å². The van der Waals surface area contributed by atoms with Crippen LogP contribution < -0.4 is 14.9 Å². The van der Waals surface area contributed by atoms with E-state index in [4.69, 9.17) is 9.47 Å². The van der Waals surface area contributed by atoms with Gasteiger partial charge in [0, 0.05) is 17.0 Å². The molecule has 5 nitrogen and oxygen atoms in total. The predicted octanol–water partition coefficient (Wildman–Crippen LogP) is 2.91. The van der Waals surface area contributed by atoms with E-state index in [1.54, 1.807) is 25.3 Å². The van der Waals surface area contributed by atoms with Crippen molar-refractivity contribution in [2.75, 3.05) is 13.7 Å². The molecule has 0 saturated carbocycles. The van der Waals surface area contributed by atoms with E-state index in [2.05, 4.69) is 11.6 Å². The molecular weight excluding hydrogens is 282 g/mol. The number of hydrogen-bond donors (Lipinski definition) is 2. The van der Waals surface area contributed by atoms with Crippen molar-refractivity contribution in [3.8, 4) is 28.5 Å². The second-order valence-electron chi connectivity index (χ2n) is 4.84. The summed E-state index contributed by atoms with van der Waals surface area (Å²) >= 11 is 0. The summed E-state index contributed by atoms with van der Waals surface area (Å²) in [7, 11) is 1.58. The van der Waals surface area contributed by atoms with Gasteiger partial charge in [0.25, 0.3) is 0 Å². The molecule has 0 atom stereocenters. The van der Waals surface area contributed by atoms with Gasteiger partial charge < -0.3 is 19.6 Å². The van der Waals surface area contributed by atoms with Crippen LogP contribution in [0.2, 0.25) is 0 Å². The van der Waals surface area contributed by atoms with Crippen LogP contribution in [0.3, 0.4) is 0 Å². The predicted molar refractivity (Wildman–Crippen MR) is 85.1 cm³/mol. The van der Waals surface area contributed by atoms with Gasteiger partial charge in [-0.2, -0.15) is 0 Å². The third kappa shape index (κ3) is 2.26. The minimum atomic E-state index is -0.475. The fourth-order valence-corrected chi connectivity index (χ4v) is 2.35. The van der Waals surface area contributed by atoms with Gasteiger partial charge in [-0.3, -0.25) is 4.79 Å². The Morgan fingerprint density at radius 3 is 2.86 bits per heavy atom. The van der Waals surface area contributed by atoms with E-state index in [1.165, 1.54) is 0 Å². The monoisotopic (exact) mass is 297 g/mol. The van der Waals surface area contributed by atoms with Crippen molar-refractivity contribution in [3.05, 3.63) is 53.2 Å². The van der Waals surface area contributed by atoms with Crippen molar-refractivity contribution in [1.82, 2.24) is 4.98 Å². The first kappa shape index (κ1) is 14.0. The van der Waals surface area contributed by atoms with Crippen molar-refractivity contribution >= 4 is 10.9 Å². The zero-order valence-corrected chi connectivity index (χ0v) is 12.1. The van der Waals surface area contributed by atoms with Gasteiger partial charge >= 0.3 is 0 Å². The Morgan fingerprint density at radius 2 is 2.14 bits per heavy atom. The molecule has 1 heterocycles. The summed E-state index contributed by atoms with van der Waals surface area (Å²) in [6.45, 7) is 3.75. The molecule has 1 aromatic rings. The Bertz CT molecular complexity index is 882. The van der Waals surface area contributed by atoms with Gasteiger partial charge in [-0.1, -0.05) is 12.7 Å². The lowest BCUT2D eigenvalue weighted by Gasteiger charge is -2.12. The second-order valence-corrected chi connectivity index (χ2v) is 4.84. The minimum absolute atomic E-state index is 0.140. The van der Waals surface area contributed by atoms with Crippen molar-refractivity contribution < 1.29 is 14.6 Å². The van der Waals surface area contributed by atoms with Crippen molar-refractivity contribution in [2.24, 2.45) is 0 Å². The fourth-order valence-electron chi connectivity index (χ4n) is 2.35. The zero-order valence-electron chi connectivity index (χ0n) is 12.1. The molecule has 0 unspecified atom stereocenters. The molecular formula is C17H15NO4. The maximum Gasteiger partial charge on any atom is 0.233 e. The van der Waals surface area contributed by atoms with Gasteiger partial charge in [0.2, 0.25) is 11.2 Å². The van der Waals surface area contributed by atoms with Crippen LogP contribution in [0.4, 0.5) is 0 Å². The second kappa shape index (κ2) is 5.44. The van der Waals surface area contributed by atoms with Crippen molar-refractivity contribution in [2.45, 2.75) is 0 Å². The highest BCUT2D eigenvalue weighted by molar-refractivity contribution is 5.87. The van der Waals surface area contributed by atoms with Crippen LogP contribution in [0.15, 0.2) is 47.8 Å². The van der Waals surface area contributed by atoms with Gasteiger partial charge in [-0.05, 0) is 24.3 Å². The number of fused-ring (bicyclic) bond motifs is 2. The number of rotatable bonds is 4. The standard InChI is InChI=1S/C17H15NO4/c1-3-6-22-15-9-14-12(16(19)17(15)20)8-10-7-11(21-2)4-5-13(10)18-14/h3-5,7-9,18,20H,1,6H2,2H3. The number of hydrogen-bond acceptors (Lipinski definition) is 4. The molecule has 1 aromatic carbocycles. The summed E-state index contributed by atoms with van der Waals surface area (Å²) < 4.78 is 10.5. The number of aromatic amines is 1. The number of phenols is 1. The largest absolute Gasteiger partial charge is 0.502 e. The summed E-state index contributed by atoms with van der Waals surface area (Å²) in [6.07, 6.45) is 1.55. The van der Waals surface area contributed by atoms with Gasteiger partial charge in [0.15, 0.2) is 5.75 Å². The lowest BCUT2D eigenvalue weighted by molar-refractivity contribution is 0.335. The number of aromatic hydroxyl groups is 1. The van der Waals surface area contributed by atoms with Crippen LogP contribution in [-0.4, -0.2) is 23.8 Å². The van der Waals surface area contributed by atoms with Crippen LogP contribution in [0.5, 0.6) is 17.2 Å². The van der Waals surface area contributed by atoms with E-state index in [-0.39, 0.29) is 12.4 Å². The number of methoxy groups -OCH3 is 1. The molecule has 0 saturated heterocycles. The lowest BCUT2D eigenvalue weighted by Crippen LogP contribution is -2.09. The molecule has 22 heavy (non-hydrogen) atoms. The number of ether oxygens (including phenoxy) is 2. The lowest BCUT2D eigenvalue weighted by atomic mass is 10.0. The molecule has 0 amide bonds. The molecule has 2 N–H and O–H groups in total. The zero-order chi connectivity index (χ0) is 15.7. The molecule has 0 aromatic heterocycles. The van der Waals surface area contributed by atoms with E-state index >= 15 is 0 Å². The van der Waals surface area contributed by atoms with Gasteiger partial charge in [-0.25, -0.2) is 0 Å². The van der Waals surface area contributed by atoms with E-state index in [0.29, 0.717) is 17.0 Å². The molecule has 1 aliphatic carbocycles. The maximum atomic E-state index is 12.3. The molecule has 112 valence electrons. The average Bonchev–Trinajstić information content (AvgIpc) is 2.55. The Labute approximate surface area is 126 Å². The molecule has 2 aliphatic rings. The van der Waals surface area contributed by atoms with Crippen molar-refractivity contribution in [1.29, 1.82) is 0 Å². The topological polar surface area (TPSA) is 71.5 Å². The van der Waals surface area contributed by atoms with E-state index in [9.17, 15) is 9.90 Å². The quantitative estimate of drug-likeness (QED) is 0.574. The normalized spacial score (nSPS) is 10.8. The van der Waals surface area contributed by atoms with E-state index in [0.717, 1.165) is 10.9 Å². The number of nitrogens with one attached hydrogen (secondary N) is 1. The maximum absolute atomic E-state index is 12.3. The summed E-state index contributed by atoms with van der Waals surface area (Å²) in [5.74, 6) is 0.439. The number of phenolic OH excluding ortho intramolecular Hbond substituents is 1. The molecule has 3 rings (SSSR count). The van der Waals surface area contributed by atoms with Gasteiger partial charge in [0.05, 0.1) is 18.4 Å². The average molecular weight is 297 g/mol. The van der Waals surface area contributed by atoms with E-state index < -0.39 is 11.2 Å². The fraction of sp³-hybridized carbons (Fsp3) is 0.118. The van der Waals surface area contributed by atoms with E-state index in [1.807, 2.05) is 18.2 Å². The van der Waals surface area contributed by atoms with Gasteiger partial charge in [0.1, 0.15) is 12.4 Å². The third-order valence-electron chi connectivity index (χ3n) is 3.44. The van der Waals surface area contributed by atoms with Crippen LogP contribution in [0, 0.1) is 0 Å². The molecule has 0 radical (unpaired) electrons. The number of aromatic nitrogens is 1. The summed E-state index contributed by atoms with van der Waals surface area (Å²) in [4.78, 5) is 15.5. The van der Waals surface area contributed by atoms with Crippen LogP contribution in [-0.2, 0) is 0 Å². The Balaban J connectivity index is 2.26. The molecule has 0 bridgehead atoms. The first-order chi connectivity index (χ1) is 10.6. The summed E-state index contributed by atoms with van der Waals surface area (Å²) in [6, 6.07) is 8.86. The Hall–Kier alpha value is -2.95. The Kier molecular flexibility index (Phi) is 3.47. The SMILES string of the molecule is C=CCOc1cc2[nH]c3ccc(OC)cc3cc-2c(=O)c1O. The smallest absolute Gasteiger partial charge is 0.233 e. The highest BCUT2D eigenvalue weighted by Gasteiger charge is 2.17. The number of H-pyrrole nitrogens is 1. The number of pyridine rings is 1. The highest BCUT2D eigenvalue weighted by Crippen LogP contribution is 2.32. The summed E-state index contributed by atoms with van der Waals surface area (Å²) in [5.41, 5.74) is 1.37. The van der Waals surface area contributed by atoms with Crippen molar-refractivity contribution in [3.63, 3.8) is 0 Å². The first-order valence-corrected chi connectivity index (χ1v) is 6.74. The Morgan fingerprint density at radius 1 is 1.32 bits per heavy atom. The van der Waals surface area contributed by atoms with Crippen LogP contribution in [0.1, 0.15) is 0 Å². The van der Waals surface area contributed by atoms with Gasteiger partial charge in [-0.15, -0.1) is 0 Å². The highest BCUT2D eigenvalue weighted by atomic mass is 16.5. The molecule has 5 heteroatoms.